The van der Waals surface area contributed by atoms with Gasteiger partial charge in [-0.2, -0.15) is 0 Å². The molecule has 1 aromatic carbocycles. The molecule has 1 aliphatic rings. The Balaban J connectivity index is 1.80. The molecule has 1 heterocycles. The summed E-state index contributed by atoms with van der Waals surface area (Å²) >= 11 is 0. The van der Waals surface area contributed by atoms with E-state index in [2.05, 4.69) is 47.5 Å². The minimum atomic E-state index is 0.252. The van der Waals surface area contributed by atoms with Gasteiger partial charge in [-0.05, 0) is 44.7 Å². The Kier molecular flexibility index (Phi) is 6.51. The third kappa shape index (κ3) is 4.89. The molecule has 112 valence electrons. The van der Waals surface area contributed by atoms with E-state index in [9.17, 15) is 5.11 Å². The molecule has 1 aliphatic heterocycles. The van der Waals surface area contributed by atoms with E-state index < -0.39 is 0 Å². The van der Waals surface area contributed by atoms with Crippen molar-refractivity contribution in [1.82, 2.24) is 10.2 Å². The molecule has 2 unspecified atom stereocenters. The zero-order valence-corrected chi connectivity index (χ0v) is 12.6. The highest BCUT2D eigenvalue weighted by Crippen LogP contribution is 2.13. The van der Waals surface area contributed by atoms with Crippen LogP contribution in [-0.2, 0) is 6.42 Å². The van der Waals surface area contributed by atoms with E-state index in [1.165, 1.54) is 18.4 Å². The van der Waals surface area contributed by atoms with Crippen molar-refractivity contribution in [2.45, 2.75) is 44.7 Å². The van der Waals surface area contributed by atoms with E-state index in [1.807, 2.05) is 0 Å². The largest absolute Gasteiger partial charge is 0.395 e. The molecule has 0 saturated carbocycles. The number of hydrogen-bond acceptors (Lipinski definition) is 3. The molecule has 1 fully saturated rings. The van der Waals surface area contributed by atoms with Gasteiger partial charge >= 0.3 is 0 Å². The van der Waals surface area contributed by atoms with Crippen LogP contribution in [0.15, 0.2) is 30.3 Å². The molecule has 0 radical (unpaired) electrons. The lowest BCUT2D eigenvalue weighted by atomic mass is 10.0. The number of nitrogens with one attached hydrogen (secondary N) is 1. The highest BCUT2D eigenvalue weighted by Gasteiger charge is 2.20. The molecule has 20 heavy (non-hydrogen) atoms. The van der Waals surface area contributed by atoms with Crippen molar-refractivity contribution in [3.8, 4) is 0 Å². The summed E-state index contributed by atoms with van der Waals surface area (Å²) in [5.74, 6) is 0. The second-order valence-electron chi connectivity index (χ2n) is 5.89. The van der Waals surface area contributed by atoms with E-state index in [0.29, 0.717) is 12.1 Å². The summed E-state index contributed by atoms with van der Waals surface area (Å²) in [6.45, 7) is 5.54. The number of nitrogens with zero attached hydrogens (tertiary/aromatic N) is 1. The highest BCUT2D eigenvalue weighted by molar-refractivity contribution is 5.14. The zero-order chi connectivity index (χ0) is 14.2. The Bertz CT molecular complexity index is 363. The van der Waals surface area contributed by atoms with E-state index in [0.717, 1.165) is 32.5 Å². The van der Waals surface area contributed by atoms with Crippen LogP contribution in [0, 0.1) is 0 Å². The molecule has 0 aromatic heterocycles. The van der Waals surface area contributed by atoms with Gasteiger partial charge in [0.25, 0.3) is 0 Å². The Hall–Kier alpha value is -0.900. The number of hydrogen-bond donors (Lipinski definition) is 2. The first kappa shape index (κ1) is 15.5. The summed E-state index contributed by atoms with van der Waals surface area (Å²) in [4.78, 5) is 2.44. The van der Waals surface area contributed by atoms with Crippen molar-refractivity contribution in [3.05, 3.63) is 35.9 Å². The summed E-state index contributed by atoms with van der Waals surface area (Å²) in [5.41, 5.74) is 1.40. The molecule has 2 atom stereocenters. The second kappa shape index (κ2) is 8.40. The first-order valence-electron chi connectivity index (χ1n) is 7.92. The molecular weight excluding hydrogens is 248 g/mol. The Morgan fingerprint density at radius 3 is 2.80 bits per heavy atom. The van der Waals surface area contributed by atoms with Gasteiger partial charge in [0.2, 0.25) is 0 Å². The molecule has 0 amide bonds. The van der Waals surface area contributed by atoms with Gasteiger partial charge in [-0.25, -0.2) is 0 Å². The minimum absolute atomic E-state index is 0.252. The van der Waals surface area contributed by atoms with Crippen LogP contribution < -0.4 is 5.32 Å². The van der Waals surface area contributed by atoms with Crippen LogP contribution in [0.2, 0.25) is 0 Å². The Labute approximate surface area is 123 Å². The maximum Gasteiger partial charge on any atom is 0.0558 e. The lowest BCUT2D eigenvalue weighted by Gasteiger charge is -2.31. The van der Waals surface area contributed by atoms with Gasteiger partial charge in [-0.1, -0.05) is 30.3 Å². The number of benzene rings is 1. The number of aliphatic hydroxyl groups excluding tert-OH is 1. The first-order valence-corrected chi connectivity index (χ1v) is 7.92. The van der Waals surface area contributed by atoms with Crippen molar-refractivity contribution in [1.29, 1.82) is 0 Å². The normalized spacial score (nSPS) is 20.4. The molecule has 0 spiro atoms. The molecule has 0 bridgehead atoms. The lowest BCUT2D eigenvalue weighted by molar-refractivity contribution is 0.142. The summed E-state index contributed by atoms with van der Waals surface area (Å²) < 4.78 is 0. The second-order valence-corrected chi connectivity index (χ2v) is 5.89. The fourth-order valence-electron chi connectivity index (χ4n) is 3.02. The van der Waals surface area contributed by atoms with Crippen LogP contribution in [0.1, 0.15) is 31.7 Å². The van der Waals surface area contributed by atoms with Gasteiger partial charge < -0.3 is 10.4 Å². The Morgan fingerprint density at radius 2 is 2.15 bits per heavy atom. The maximum atomic E-state index is 9.28. The summed E-state index contributed by atoms with van der Waals surface area (Å²) in [6.07, 6.45) is 4.82. The van der Waals surface area contributed by atoms with Gasteiger partial charge in [0.1, 0.15) is 0 Å². The minimum Gasteiger partial charge on any atom is -0.395 e. The monoisotopic (exact) mass is 276 g/mol. The third-order valence-electron chi connectivity index (χ3n) is 4.32. The predicted molar refractivity (Wildman–Crippen MR) is 83.9 cm³/mol. The average molecular weight is 276 g/mol. The van der Waals surface area contributed by atoms with Crippen LogP contribution in [-0.4, -0.2) is 48.3 Å². The van der Waals surface area contributed by atoms with Crippen LogP contribution in [0.3, 0.4) is 0 Å². The summed E-state index contributed by atoms with van der Waals surface area (Å²) in [5, 5.41) is 12.8. The molecular formula is C17H28N2O. The average Bonchev–Trinajstić information content (AvgIpc) is 2.98. The van der Waals surface area contributed by atoms with E-state index in [-0.39, 0.29) is 6.61 Å². The lowest BCUT2D eigenvalue weighted by Crippen LogP contribution is -2.43. The fourth-order valence-corrected chi connectivity index (χ4v) is 3.02. The third-order valence-corrected chi connectivity index (χ3v) is 4.32. The maximum absolute atomic E-state index is 9.28. The smallest absolute Gasteiger partial charge is 0.0558 e. The summed E-state index contributed by atoms with van der Waals surface area (Å²) in [6, 6.07) is 11.8. The number of rotatable bonds is 8. The van der Waals surface area contributed by atoms with Crippen molar-refractivity contribution in [2.75, 3.05) is 26.2 Å². The Morgan fingerprint density at radius 1 is 1.35 bits per heavy atom. The highest BCUT2D eigenvalue weighted by atomic mass is 16.3. The van der Waals surface area contributed by atoms with Crippen molar-refractivity contribution >= 4 is 0 Å². The molecule has 1 saturated heterocycles. The molecule has 3 nitrogen and oxygen atoms in total. The van der Waals surface area contributed by atoms with Crippen molar-refractivity contribution < 1.29 is 5.11 Å². The first-order chi connectivity index (χ1) is 9.79. The standard InChI is InChI=1S/C17H28N2O/c1-15(9-10-16-6-3-2-4-7-16)19(12-13-20)14-17-8-5-11-18-17/h2-4,6-7,15,17-18,20H,5,8-14H2,1H3. The molecule has 2 rings (SSSR count). The van der Waals surface area contributed by atoms with Crippen molar-refractivity contribution in [3.63, 3.8) is 0 Å². The number of aryl methyl sites for hydroxylation is 1. The SMILES string of the molecule is CC(CCc1ccccc1)N(CCO)CC1CCCN1. The van der Waals surface area contributed by atoms with Gasteiger partial charge in [-0.15, -0.1) is 0 Å². The van der Waals surface area contributed by atoms with Gasteiger partial charge in [0.15, 0.2) is 0 Å². The van der Waals surface area contributed by atoms with Gasteiger partial charge in [0, 0.05) is 25.2 Å². The van der Waals surface area contributed by atoms with E-state index in [4.69, 9.17) is 0 Å². The molecule has 3 heteroatoms. The zero-order valence-electron chi connectivity index (χ0n) is 12.6. The van der Waals surface area contributed by atoms with E-state index in [1.54, 1.807) is 0 Å². The van der Waals surface area contributed by atoms with E-state index >= 15 is 0 Å². The van der Waals surface area contributed by atoms with Crippen LogP contribution in [0.25, 0.3) is 0 Å². The van der Waals surface area contributed by atoms with Gasteiger partial charge in [-0.3, -0.25) is 4.90 Å². The van der Waals surface area contributed by atoms with Gasteiger partial charge in [0.05, 0.1) is 6.61 Å². The van der Waals surface area contributed by atoms with Crippen LogP contribution in [0.4, 0.5) is 0 Å². The van der Waals surface area contributed by atoms with Crippen LogP contribution >= 0.6 is 0 Å². The molecule has 1 aromatic rings. The fraction of sp³-hybridized carbons (Fsp3) is 0.647. The van der Waals surface area contributed by atoms with Crippen LogP contribution in [0.5, 0.6) is 0 Å². The molecule has 2 N–H and O–H groups in total. The number of aliphatic hydroxyl groups is 1. The summed E-state index contributed by atoms with van der Waals surface area (Å²) in [7, 11) is 0. The van der Waals surface area contributed by atoms with Crippen molar-refractivity contribution in [2.24, 2.45) is 0 Å². The predicted octanol–water partition coefficient (Wildman–Crippen LogP) is 2.05. The quantitative estimate of drug-likeness (QED) is 0.763. The molecule has 0 aliphatic carbocycles. The topological polar surface area (TPSA) is 35.5 Å².